The fourth-order valence-electron chi connectivity index (χ4n) is 8.72. The summed E-state index contributed by atoms with van der Waals surface area (Å²) in [5.74, 6) is 1.60. The summed E-state index contributed by atoms with van der Waals surface area (Å²) >= 11 is 1.58. The zero-order valence-electron chi connectivity index (χ0n) is 26.1. The lowest BCUT2D eigenvalue weighted by Gasteiger charge is -2.40. The number of aromatic nitrogens is 3. The van der Waals surface area contributed by atoms with Crippen LogP contribution in [-0.2, 0) is 18.3 Å². The Kier molecular flexibility index (Phi) is 6.70. The highest BCUT2D eigenvalue weighted by Crippen LogP contribution is 2.55. The molecule has 11 heteroatoms. The molecule has 1 saturated carbocycles. The van der Waals surface area contributed by atoms with Crippen molar-refractivity contribution in [2.45, 2.75) is 94.2 Å². The van der Waals surface area contributed by atoms with Gasteiger partial charge < -0.3 is 19.9 Å². The van der Waals surface area contributed by atoms with Crippen LogP contribution in [0.15, 0.2) is 10.6 Å². The fraction of sp³-hybridized carbons (Fsp3) is 0.636. The first-order chi connectivity index (χ1) is 21.3. The SMILES string of the molecule is C[C@H](Oc1nc(-c2onc3c2CCC[C@@]32CCCc3sc(N)c(C#N)c32)cc(N2CCN(C)C3(CC3)C2)n1)[C@@H]1CCCN1C. The summed E-state index contributed by atoms with van der Waals surface area (Å²) in [7, 11) is 4.42. The number of anilines is 2. The number of piperazine rings is 1. The van der Waals surface area contributed by atoms with E-state index in [0.29, 0.717) is 28.4 Å². The van der Waals surface area contributed by atoms with Gasteiger partial charge in [0.25, 0.3) is 0 Å². The van der Waals surface area contributed by atoms with Crippen LogP contribution >= 0.6 is 11.3 Å². The highest BCUT2D eigenvalue weighted by atomic mass is 32.1. The van der Waals surface area contributed by atoms with Gasteiger partial charge in [0.2, 0.25) is 0 Å². The topological polar surface area (TPSA) is 121 Å². The Balaban J connectivity index is 1.21. The van der Waals surface area contributed by atoms with Gasteiger partial charge in [-0.3, -0.25) is 9.80 Å². The van der Waals surface area contributed by atoms with Gasteiger partial charge in [-0.15, -0.1) is 11.3 Å². The standard InChI is InChI=1S/C33H42N8O2S/c1-20(24-8-6-14-39(24)2)42-31-36-23(17-26(37-31)41-16-15-40(3)32(19-41)12-13-32)28-21-7-4-10-33(29(21)38-43-28)11-5-9-25-27(33)22(18-34)30(35)44-25/h17,20,24H,4-16,19,35H2,1-3H3/t20-,24-,33-/m0/s1. The molecule has 10 nitrogen and oxygen atoms in total. The van der Waals surface area contributed by atoms with E-state index in [9.17, 15) is 5.26 Å². The van der Waals surface area contributed by atoms with Crippen molar-refractivity contribution in [2.24, 2.45) is 0 Å². The molecule has 3 aromatic rings. The molecular weight excluding hydrogens is 572 g/mol. The molecule has 0 aromatic carbocycles. The number of nitrogen functional groups attached to an aromatic ring is 1. The second kappa shape index (κ2) is 10.4. The normalized spacial score (nSPS) is 26.9. The molecule has 3 atom stereocenters. The lowest BCUT2D eigenvalue weighted by molar-refractivity contribution is 0.112. The highest BCUT2D eigenvalue weighted by Gasteiger charge is 2.50. The van der Waals surface area contributed by atoms with Crippen LogP contribution in [0.2, 0.25) is 0 Å². The Morgan fingerprint density at radius 3 is 2.68 bits per heavy atom. The monoisotopic (exact) mass is 614 g/mol. The second-order valence-corrected chi connectivity index (χ2v) is 15.0. The number of rotatable bonds is 5. The lowest BCUT2D eigenvalue weighted by Crippen LogP contribution is -2.53. The van der Waals surface area contributed by atoms with Gasteiger partial charge in [-0.1, -0.05) is 5.16 Å². The second-order valence-electron chi connectivity index (χ2n) is 13.9. The van der Waals surface area contributed by atoms with Crippen molar-refractivity contribution in [1.29, 1.82) is 5.26 Å². The predicted molar refractivity (Wildman–Crippen MR) is 170 cm³/mol. The molecule has 2 N–H and O–H groups in total. The van der Waals surface area contributed by atoms with Crippen LogP contribution in [0.1, 0.15) is 85.6 Å². The maximum atomic E-state index is 10.1. The molecule has 5 aliphatic rings. The van der Waals surface area contributed by atoms with Crippen molar-refractivity contribution in [3.8, 4) is 23.5 Å². The summed E-state index contributed by atoms with van der Waals surface area (Å²) in [6, 6.07) is 5.26. The Hall–Kier alpha value is -3.20. The number of fused-ring (bicyclic) bond motifs is 4. The van der Waals surface area contributed by atoms with Crippen molar-refractivity contribution in [3.63, 3.8) is 0 Å². The molecule has 0 bridgehead atoms. The highest BCUT2D eigenvalue weighted by molar-refractivity contribution is 7.16. The van der Waals surface area contributed by atoms with Crippen molar-refractivity contribution in [2.75, 3.05) is 50.9 Å². The van der Waals surface area contributed by atoms with Crippen molar-refractivity contribution < 1.29 is 9.26 Å². The molecule has 44 heavy (non-hydrogen) atoms. The summed E-state index contributed by atoms with van der Waals surface area (Å²) in [4.78, 5) is 18.6. The van der Waals surface area contributed by atoms with Gasteiger partial charge >= 0.3 is 6.01 Å². The third-order valence-electron chi connectivity index (χ3n) is 11.4. The number of likely N-dealkylation sites (tertiary alicyclic amines) is 1. The van der Waals surface area contributed by atoms with Crippen molar-refractivity contribution in [3.05, 3.63) is 33.3 Å². The molecule has 232 valence electrons. The molecule has 5 heterocycles. The number of hydrogen-bond acceptors (Lipinski definition) is 11. The van der Waals surface area contributed by atoms with Gasteiger partial charge in [-0.2, -0.15) is 15.2 Å². The Morgan fingerprint density at radius 2 is 1.93 bits per heavy atom. The van der Waals surface area contributed by atoms with E-state index in [1.807, 2.05) is 0 Å². The van der Waals surface area contributed by atoms with E-state index in [1.54, 1.807) is 11.3 Å². The molecular formula is C33H42N8O2S. The number of aryl methyl sites for hydroxylation is 1. The average molecular weight is 615 g/mol. The van der Waals surface area contributed by atoms with E-state index < -0.39 is 0 Å². The molecule has 2 saturated heterocycles. The molecule has 0 unspecified atom stereocenters. The smallest absolute Gasteiger partial charge is 0.319 e. The van der Waals surface area contributed by atoms with Crippen LogP contribution < -0.4 is 15.4 Å². The predicted octanol–water partition coefficient (Wildman–Crippen LogP) is 4.75. The Bertz CT molecular complexity index is 1630. The number of likely N-dealkylation sites (N-methyl/N-ethyl adjacent to an activating group) is 2. The van der Waals surface area contributed by atoms with Crippen molar-refractivity contribution in [1.82, 2.24) is 24.9 Å². The van der Waals surface area contributed by atoms with Gasteiger partial charge in [-0.25, -0.2) is 0 Å². The molecule has 3 aliphatic carbocycles. The summed E-state index contributed by atoms with van der Waals surface area (Å²) in [6.45, 7) is 6.09. The van der Waals surface area contributed by atoms with E-state index in [0.717, 1.165) is 99.5 Å². The maximum Gasteiger partial charge on any atom is 0.319 e. The molecule has 8 rings (SSSR count). The molecule has 2 spiro atoms. The zero-order chi connectivity index (χ0) is 30.2. The van der Waals surface area contributed by atoms with Crippen LogP contribution in [-0.4, -0.2) is 82.9 Å². The van der Waals surface area contributed by atoms with Crippen LogP contribution in [0.4, 0.5) is 10.8 Å². The van der Waals surface area contributed by atoms with Crippen LogP contribution in [0.25, 0.3) is 11.5 Å². The van der Waals surface area contributed by atoms with Crippen LogP contribution in [0.3, 0.4) is 0 Å². The number of nitrogens with zero attached hydrogens (tertiary/aromatic N) is 7. The molecule has 0 amide bonds. The number of hydrogen-bond donors (Lipinski definition) is 1. The van der Waals surface area contributed by atoms with Gasteiger partial charge in [0.05, 0.1) is 11.3 Å². The van der Waals surface area contributed by atoms with Crippen LogP contribution in [0, 0.1) is 11.3 Å². The van der Waals surface area contributed by atoms with Gasteiger partial charge in [-0.05, 0) is 97.3 Å². The minimum atomic E-state index is -0.339. The summed E-state index contributed by atoms with van der Waals surface area (Å²) < 4.78 is 12.8. The number of nitriles is 1. The summed E-state index contributed by atoms with van der Waals surface area (Å²) in [5.41, 5.74) is 10.8. The van der Waals surface area contributed by atoms with Crippen LogP contribution in [0.5, 0.6) is 6.01 Å². The first kappa shape index (κ1) is 28.3. The zero-order valence-corrected chi connectivity index (χ0v) is 26.9. The number of nitrogens with two attached hydrogens (primary N) is 1. The Morgan fingerprint density at radius 1 is 1.11 bits per heavy atom. The minimum Gasteiger partial charge on any atom is -0.459 e. The van der Waals surface area contributed by atoms with E-state index in [2.05, 4.69) is 47.9 Å². The third-order valence-corrected chi connectivity index (χ3v) is 12.4. The number of ether oxygens (including phenoxy) is 1. The molecule has 3 aromatic heterocycles. The van der Waals surface area contributed by atoms with Gasteiger partial charge in [0.15, 0.2) is 5.76 Å². The molecule has 0 radical (unpaired) electrons. The molecule has 2 aliphatic heterocycles. The Labute approximate surface area is 263 Å². The van der Waals surface area contributed by atoms with E-state index in [-0.39, 0.29) is 17.1 Å². The van der Waals surface area contributed by atoms with Crippen molar-refractivity contribution >= 4 is 22.2 Å². The van der Waals surface area contributed by atoms with E-state index >= 15 is 0 Å². The minimum absolute atomic E-state index is 0.0334. The quantitative estimate of drug-likeness (QED) is 0.431. The maximum absolute atomic E-state index is 10.1. The third kappa shape index (κ3) is 4.36. The summed E-state index contributed by atoms with van der Waals surface area (Å²) in [6.07, 6.45) is 10.5. The lowest BCUT2D eigenvalue weighted by atomic mass is 9.62. The van der Waals surface area contributed by atoms with Gasteiger partial charge in [0.1, 0.15) is 28.7 Å². The van der Waals surface area contributed by atoms with E-state index in [4.69, 9.17) is 30.1 Å². The number of thiophene rings is 1. The molecule has 3 fully saturated rings. The average Bonchev–Trinajstić information content (AvgIpc) is 3.30. The summed E-state index contributed by atoms with van der Waals surface area (Å²) in [5, 5.41) is 15.5. The van der Waals surface area contributed by atoms with E-state index in [1.165, 1.54) is 24.1 Å². The first-order valence-corrected chi connectivity index (χ1v) is 17.2. The first-order valence-electron chi connectivity index (χ1n) is 16.4. The largest absolute Gasteiger partial charge is 0.459 e. The van der Waals surface area contributed by atoms with Gasteiger partial charge in [0, 0.05) is 53.1 Å². The fourth-order valence-corrected chi connectivity index (χ4v) is 9.88.